The number of rotatable bonds is 3. The molecule has 1 aliphatic rings. The topological polar surface area (TPSA) is 49.6 Å². The minimum absolute atomic E-state index is 0.101. The van der Waals surface area contributed by atoms with E-state index in [4.69, 9.17) is 0 Å². The molecular weight excluding hydrogens is 264 g/mol. The van der Waals surface area contributed by atoms with Crippen LogP contribution >= 0.6 is 0 Å². The van der Waals surface area contributed by atoms with E-state index >= 15 is 0 Å². The lowest BCUT2D eigenvalue weighted by Crippen LogP contribution is -2.50. The first kappa shape index (κ1) is 14.1. The fourth-order valence-corrected chi connectivity index (χ4v) is 3.28. The molecule has 2 aromatic heterocycles. The van der Waals surface area contributed by atoms with Crippen molar-refractivity contribution in [3.05, 3.63) is 36.2 Å². The zero-order valence-corrected chi connectivity index (χ0v) is 12.6. The summed E-state index contributed by atoms with van der Waals surface area (Å²) < 4.78 is 1.75. The van der Waals surface area contributed by atoms with Gasteiger partial charge < -0.3 is 10.2 Å². The molecule has 3 rings (SSSR count). The summed E-state index contributed by atoms with van der Waals surface area (Å²) in [6.45, 7) is 3.83. The van der Waals surface area contributed by atoms with Gasteiger partial charge in [-0.15, -0.1) is 0 Å². The van der Waals surface area contributed by atoms with Crippen LogP contribution in [0.15, 0.2) is 30.6 Å². The molecular formula is C16H22N4O. The maximum absolute atomic E-state index is 12.8. The van der Waals surface area contributed by atoms with Crippen molar-refractivity contribution in [2.75, 3.05) is 20.1 Å². The number of nitrogens with one attached hydrogen (secondary N) is 1. The summed E-state index contributed by atoms with van der Waals surface area (Å²) in [6, 6.07) is 6.32. The third kappa shape index (κ3) is 2.53. The predicted octanol–water partition coefficient (Wildman–Crippen LogP) is 1.79. The number of piperidine rings is 1. The van der Waals surface area contributed by atoms with Crippen LogP contribution in [0.3, 0.4) is 0 Å². The molecule has 5 heteroatoms. The summed E-state index contributed by atoms with van der Waals surface area (Å²) in [4.78, 5) is 14.8. The molecule has 1 saturated heterocycles. The van der Waals surface area contributed by atoms with Crippen LogP contribution in [0.25, 0.3) is 5.52 Å². The van der Waals surface area contributed by atoms with Gasteiger partial charge in [0.25, 0.3) is 5.91 Å². The second-order valence-electron chi connectivity index (χ2n) is 5.69. The van der Waals surface area contributed by atoms with Gasteiger partial charge in [0.05, 0.1) is 17.3 Å². The number of carbonyl (C=O) groups excluding carboxylic acids is 1. The quantitative estimate of drug-likeness (QED) is 0.936. The van der Waals surface area contributed by atoms with Gasteiger partial charge in [0, 0.05) is 25.3 Å². The van der Waals surface area contributed by atoms with Gasteiger partial charge in [0.1, 0.15) is 0 Å². The highest BCUT2D eigenvalue weighted by molar-refractivity contribution is 6.00. The second kappa shape index (κ2) is 5.85. The van der Waals surface area contributed by atoms with Crippen LogP contribution in [0, 0.1) is 5.92 Å². The Labute approximate surface area is 124 Å². The van der Waals surface area contributed by atoms with E-state index in [-0.39, 0.29) is 5.91 Å². The first-order valence-corrected chi connectivity index (χ1v) is 7.63. The summed E-state index contributed by atoms with van der Waals surface area (Å²) in [5.74, 6) is 0.624. The molecule has 0 saturated carbocycles. The van der Waals surface area contributed by atoms with Crippen LogP contribution in [0.4, 0.5) is 0 Å². The fraction of sp³-hybridized carbons (Fsp3) is 0.500. The van der Waals surface area contributed by atoms with Crippen molar-refractivity contribution >= 4 is 11.4 Å². The molecule has 2 atom stereocenters. The zero-order chi connectivity index (χ0) is 14.8. The van der Waals surface area contributed by atoms with Crippen molar-refractivity contribution < 1.29 is 4.79 Å². The molecule has 0 aromatic carbocycles. The number of fused-ring (bicyclic) bond motifs is 1. The maximum Gasteiger partial charge on any atom is 0.257 e. The molecule has 112 valence electrons. The monoisotopic (exact) mass is 286 g/mol. The zero-order valence-electron chi connectivity index (χ0n) is 12.6. The molecule has 5 nitrogen and oxygen atoms in total. The van der Waals surface area contributed by atoms with Crippen LogP contribution in [0.5, 0.6) is 0 Å². The highest BCUT2D eigenvalue weighted by Gasteiger charge is 2.30. The van der Waals surface area contributed by atoms with Crippen molar-refractivity contribution in [1.29, 1.82) is 0 Å². The van der Waals surface area contributed by atoms with Gasteiger partial charge in [0.2, 0.25) is 0 Å². The molecule has 3 heterocycles. The van der Waals surface area contributed by atoms with Gasteiger partial charge in [-0.25, -0.2) is 4.52 Å². The number of amides is 1. The summed E-state index contributed by atoms with van der Waals surface area (Å²) in [6.07, 6.45) is 5.65. The molecule has 2 unspecified atom stereocenters. The second-order valence-corrected chi connectivity index (χ2v) is 5.69. The average Bonchev–Trinajstić information content (AvgIpc) is 2.97. The Morgan fingerprint density at radius 1 is 1.48 bits per heavy atom. The van der Waals surface area contributed by atoms with E-state index in [1.54, 1.807) is 10.7 Å². The van der Waals surface area contributed by atoms with Gasteiger partial charge in [0.15, 0.2) is 0 Å². The highest BCUT2D eigenvalue weighted by atomic mass is 16.2. The normalized spacial score (nSPS) is 22.7. The first-order chi connectivity index (χ1) is 10.2. The Bertz CT molecular complexity index is 636. The van der Waals surface area contributed by atoms with E-state index in [9.17, 15) is 4.79 Å². The van der Waals surface area contributed by atoms with Gasteiger partial charge >= 0.3 is 0 Å². The average molecular weight is 286 g/mol. The van der Waals surface area contributed by atoms with Crippen LogP contribution in [-0.4, -0.2) is 46.6 Å². The number of pyridine rings is 1. The van der Waals surface area contributed by atoms with Gasteiger partial charge in [-0.1, -0.05) is 19.4 Å². The molecule has 21 heavy (non-hydrogen) atoms. The summed E-state index contributed by atoms with van der Waals surface area (Å²) in [7, 11) is 2.01. The Morgan fingerprint density at radius 3 is 3.10 bits per heavy atom. The van der Waals surface area contributed by atoms with Crippen molar-refractivity contribution in [2.24, 2.45) is 5.92 Å². The summed E-state index contributed by atoms with van der Waals surface area (Å²) in [5.41, 5.74) is 1.58. The van der Waals surface area contributed by atoms with Gasteiger partial charge in [-0.05, 0) is 31.5 Å². The van der Waals surface area contributed by atoms with Crippen molar-refractivity contribution in [3.63, 3.8) is 0 Å². The number of hydrogen-bond acceptors (Lipinski definition) is 3. The molecule has 0 bridgehead atoms. The lowest BCUT2D eigenvalue weighted by molar-refractivity contribution is 0.0633. The van der Waals surface area contributed by atoms with E-state index in [1.807, 2.05) is 36.3 Å². The lowest BCUT2D eigenvalue weighted by Gasteiger charge is -2.38. The summed E-state index contributed by atoms with van der Waals surface area (Å²) in [5, 5.41) is 7.64. The van der Waals surface area contributed by atoms with Gasteiger partial charge in [-0.3, -0.25) is 4.79 Å². The molecule has 1 aliphatic heterocycles. The smallest absolute Gasteiger partial charge is 0.257 e. The third-order valence-electron chi connectivity index (χ3n) is 4.57. The number of carbonyl (C=O) groups is 1. The number of likely N-dealkylation sites (tertiary alicyclic amines) is 1. The van der Waals surface area contributed by atoms with E-state index in [1.165, 1.54) is 0 Å². The van der Waals surface area contributed by atoms with E-state index < -0.39 is 0 Å². The van der Waals surface area contributed by atoms with Crippen LogP contribution < -0.4 is 5.32 Å². The Balaban J connectivity index is 1.82. The molecule has 0 aliphatic carbocycles. The molecule has 1 N–H and O–H groups in total. The van der Waals surface area contributed by atoms with Crippen LogP contribution in [0.1, 0.15) is 30.1 Å². The molecule has 2 aromatic rings. The van der Waals surface area contributed by atoms with Crippen molar-refractivity contribution in [1.82, 2.24) is 19.8 Å². The van der Waals surface area contributed by atoms with Gasteiger partial charge in [-0.2, -0.15) is 5.10 Å². The SMILES string of the molecule is CCC1CN(C(=O)c2cnn3ccccc23)CCC1NC. The number of aromatic nitrogens is 2. The van der Waals surface area contributed by atoms with Crippen molar-refractivity contribution in [2.45, 2.75) is 25.8 Å². The molecule has 1 amide bonds. The van der Waals surface area contributed by atoms with Crippen LogP contribution in [0.2, 0.25) is 0 Å². The highest BCUT2D eigenvalue weighted by Crippen LogP contribution is 2.22. The largest absolute Gasteiger partial charge is 0.338 e. The lowest BCUT2D eigenvalue weighted by atomic mass is 9.90. The van der Waals surface area contributed by atoms with Crippen LogP contribution in [-0.2, 0) is 0 Å². The minimum atomic E-state index is 0.101. The Kier molecular flexibility index (Phi) is 3.92. The van der Waals surface area contributed by atoms with E-state index in [0.29, 0.717) is 17.5 Å². The Hall–Kier alpha value is -1.88. The number of nitrogens with zero attached hydrogens (tertiary/aromatic N) is 3. The molecule has 0 spiro atoms. The third-order valence-corrected chi connectivity index (χ3v) is 4.57. The fourth-order valence-electron chi connectivity index (χ4n) is 3.28. The molecule has 0 radical (unpaired) electrons. The predicted molar refractivity (Wildman–Crippen MR) is 82.3 cm³/mol. The maximum atomic E-state index is 12.8. The number of hydrogen-bond donors (Lipinski definition) is 1. The van der Waals surface area contributed by atoms with E-state index in [2.05, 4.69) is 17.3 Å². The standard InChI is InChI=1S/C16H22N4O/c1-3-12-11-19(9-7-14(12)17-2)16(21)13-10-18-20-8-5-4-6-15(13)20/h4-6,8,10,12,14,17H,3,7,9,11H2,1-2H3. The first-order valence-electron chi connectivity index (χ1n) is 7.63. The van der Waals surface area contributed by atoms with E-state index in [0.717, 1.165) is 31.4 Å². The summed E-state index contributed by atoms with van der Waals surface area (Å²) >= 11 is 0. The Morgan fingerprint density at radius 2 is 2.33 bits per heavy atom. The minimum Gasteiger partial charge on any atom is -0.338 e. The van der Waals surface area contributed by atoms with Crippen molar-refractivity contribution in [3.8, 4) is 0 Å². The molecule has 1 fully saturated rings.